The molecule has 2 rings (SSSR count). The third kappa shape index (κ3) is 3.33. The zero-order valence-corrected chi connectivity index (χ0v) is 12.2. The number of carbonyl (C=O) groups is 1. The Morgan fingerprint density at radius 1 is 1.15 bits per heavy atom. The van der Waals surface area contributed by atoms with Crippen LogP contribution in [0, 0.1) is 0 Å². The van der Waals surface area contributed by atoms with Crippen molar-refractivity contribution in [1.29, 1.82) is 0 Å². The van der Waals surface area contributed by atoms with Crippen LogP contribution >= 0.6 is 11.8 Å². The average Bonchev–Trinajstić information content (AvgIpc) is 2.49. The lowest BCUT2D eigenvalue weighted by atomic mass is 10.1. The highest BCUT2D eigenvalue weighted by atomic mass is 32.2. The molecule has 0 saturated carbocycles. The van der Waals surface area contributed by atoms with E-state index in [1.54, 1.807) is 30.0 Å². The summed E-state index contributed by atoms with van der Waals surface area (Å²) < 4.78 is 4.66. The highest BCUT2D eigenvalue weighted by Crippen LogP contribution is 2.31. The first-order valence-corrected chi connectivity index (χ1v) is 7.13. The maximum Gasteiger partial charge on any atom is 0.337 e. The lowest BCUT2D eigenvalue weighted by Gasteiger charge is -2.06. The normalized spacial score (nSPS) is 10.3. The number of phenols is 1. The molecule has 2 aromatic rings. The van der Waals surface area contributed by atoms with Gasteiger partial charge in [0.05, 0.1) is 12.7 Å². The number of rotatable bonds is 4. The molecule has 0 fully saturated rings. The van der Waals surface area contributed by atoms with Crippen molar-refractivity contribution in [3.05, 3.63) is 53.6 Å². The van der Waals surface area contributed by atoms with E-state index >= 15 is 0 Å². The predicted octanol–water partition coefficient (Wildman–Crippen LogP) is 3.89. The summed E-state index contributed by atoms with van der Waals surface area (Å²) in [5.74, 6) is -0.00246. The molecule has 0 aliphatic rings. The average molecular weight is 288 g/mol. The summed E-state index contributed by atoms with van der Waals surface area (Å²) in [6.07, 6.45) is 0.793. The molecule has 3 nitrogen and oxygen atoms in total. The van der Waals surface area contributed by atoms with Gasteiger partial charge in [0, 0.05) is 9.79 Å². The third-order valence-corrected chi connectivity index (χ3v) is 3.94. The standard InChI is InChI=1S/C16H16O3S/c1-3-11-10-14(8-9-15(11)17)20-13-6-4-12(5-7-13)16(18)19-2/h4-10,17H,3H2,1-2H3. The van der Waals surface area contributed by atoms with Crippen LogP contribution in [0.15, 0.2) is 52.3 Å². The molecule has 0 spiro atoms. The fraction of sp³-hybridized carbons (Fsp3) is 0.188. The van der Waals surface area contributed by atoms with E-state index in [9.17, 15) is 9.90 Å². The summed E-state index contributed by atoms with van der Waals surface area (Å²) in [4.78, 5) is 13.4. The Balaban J connectivity index is 2.16. The number of benzene rings is 2. The molecule has 0 aromatic heterocycles. The van der Waals surface area contributed by atoms with E-state index in [0.717, 1.165) is 21.8 Å². The molecule has 1 N–H and O–H groups in total. The van der Waals surface area contributed by atoms with Crippen molar-refractivity contribution < 1.29 is 14.6 Å². The van der Waals surface area contributed by atoms with Crippen LogP contribution in [0.3, 0.4) is 0 Å². The van der Waals surface area contributed by atoms with Gasteiger partial charge in [-0.2, -0.15) is 0 Å². The van der Waals surface area contributed by atoms with E-state index in [1.807, 2.05) is 31.2 Å². The molecule has 4 heteroatoms. The van der Waals surface area contributed by atoms with Crippen LogP contribution in [0.1, 0.15) is 22.8 Å². The molecule has 0 amide bonds. The number of carbonyl (C=O) groups excluding carboxylic acids is 1. The quantitative estimate of drug-likeness (QED) is 0.867. The Morgan fingerprint density at radius 3 is 2.40 bits per heavy atom. The van der Waals surface area contributed by atoms with E-state index < -0.39 is 0 Å². The zero-order valence-electron chi connectivity index (χ0n) is 11.4. The molecule has 0 aliphatic carbocycles. The number of aryl methyl sites for hydroxylation is 1. The second-order valence-electron chi connectivity index (χ2n) is 4.26. The van der Waals surface area contributed by atoms with Gasteiger partial charge in [0.2, 0.25) is 0 Å². The minimum Gasteiger partial charge on any atom is -0.508 e. The Morgan fingerprint density at radius 2 is 1.80 bits per heavy atom. The number of esters is 1. The first-order valence-electron chi connectivity index (χ1n) is 6.32. The van der Waals surface area contributed by atoms with Crippen molar-refractivity contribution in [2.45, 2.75) is 23.1 Å². The first-order chi connectivity index (χ1) is 9.63. The summed E-state index contributed by atoms with van der Waals surface area (Å²) in [5.41, 5.74) is 1.47. The van der Waals surface area contributed by atoms with Gasteiger partial charge in [-0.3, -0.25) is 0 Å². The van der Waals surface area contributed by atoms with E-state index in [4.69, 9.17) is 0 Å². The number of aromatic hydroxyl groups is 1. The number of ether oxygens (including phenoxy) is 1. The lowest BCUT2D eigenvalue weighted by Crippen LogP contribution is -2.00. The van der Waals surface area contributed by atoms with Crippen molar-refractivity contribution in [3.63, 3.8) is 0 Å². The van der Waals surface area contributed by atoms with Crippen LogP contribution in [-0.2, 0) is 11.2 Å². The molecule has 104 valence electrons. The fourth-order valence-corrected chi connectivity index (χ4v) is 2.70. The Bertz CT molecular complexity index is 606. The van der Waals surface area contributed by atoms with E-state index in [-0.39, 0.29) is 5.97 Å². The summed E-state index contributed by atoms with van der Waals surface area (Å²) in [6, 6.07) is 12.8. The minimum atomic E-state index is -0.334. The van der Waals surface area contributed by atoms with Crippen LogP contribution in [0.2, 0.25) is 0 Å². The monoisotopic (exact) mass is 288 g/mol. The molecule has 0 saturated heterocycles. The second kappa shape index (κ2) is 6.48. The Hall–Kier alpha value is -1.94. The summed E-state index contributed by atoms with van der Waals surface area (Å²) in [6.45, 7) is 2.01. The molecule has 20 heavy (non-hydrogen) atoms. The van der Waals surface area contributed by atoms with Crippen LogP contribution in [-0.4, -0.2) is 18.2 Å². The largest absolute Gasteiger partial charge is 0.508 e. The first kappa shape index (κ1) is 14.5. The van der Waals surface area contributed by atoms with Gasteiger partial charge in [-0.25, -0.2) is 4.79 Å². The molecule has 0 atom stereocenters. The molecule has 0 unspecified atom stereocenters. The molecule has 0 aliphatic heterocycles. The molecular formula is C16H16O3S. The van der Waals surface area contributed by atoms with Crippen molar-refractivity contribution >= 4 is 17.7 Å². The molecule has 2 aromatic carbocycles. The van der Waals surface area contributed by atoms with E-state index in [2.05, 4.69) is 4.74 Å². The number of hydrogen-bond acceptors (Lipinski definition) is 4. The zero-order chi connectivity index (χ0) is 14.5. The van der Waals surface area contributed by atoms with Crippen LogP contribution in [0.5, 0.6) is 5.75 Å². The summed E-state index contributed by atoms with van der Waals surface area (Å²) >= 11 is 1.59. The van der Waals surface area contributed by atoms with Crippen molar-refractivity contribution in [2.75, 3.05) is 7.11 Å². The van der Waals surface area contributed by atoms with Crippen LogP contribution in [0.25, 0.3) is 0 Å². The number of methoxy groups -OCH3 is 1. The van der Waals surface area contributed by atoms with E-state index in [1.165, 1.54) is 7.11 Å². The number of phenolic OH excluding ortho intramolecular Hbond substituents is 1. The fourth-order valence-electron chi connectivity index (χ4n) is 1.82. The highest BCUT2D eigenvalue weighted by molar-refractivity contribution is 7.99. The highest BCUT2D eigenvalue weighted by Gasteiger charge is 2.06. The van der Waals surface area contributed by atoms with Gasteiger partial charge >= 0.3 is 5.97 Å². The molecule has 0 radical (unpaired) electrons. The summed E-state index contributed by atoms with van der Waals surface area (Å²) in [5, 5.41) is 9.67. The summed E-state index contributed by atoms with van der Waals surface area (Å²) in [7, 11) is 1.37. The molecule has 0 bridgehead atoms. The van der Waals surface area contributed by atoms with Gasteiger partial charge in [-0.1, -0.05) is 18.7 Å². The van der Waals surface area contributed by atoms with Crippen LogP contribution in [0.4, 0.5) is 0 Å². The molecular weight excluding hydrogens is 272 g/mol. The minimum absolute atomic E-state index is 0.331. The maximum absolute atomic E-state index is 11.3. The van der Waals surface area contributed by atoms with E-state index in [0.29, 0.717) is 11.3 Å². The second-order valence-corrected chi connectivity index (χ2v) is 5.41. The molecule has 0 heterocycles. The van der Waals surface area contributed by atoms with Gasteiger partial charge in [-0.05, 0) is 54.4 Å². The SMILES string of the molecule is CCc1cc(Sc2ccc(C(=O)OC)cc2)ccc1O. The maximum atomic E-state index is 11.3. The van der Waals surface area contributed by atoms with Gasteiger partial charge in [0.25, 0.3) is 0 Å². The van der Waals surface area contributed by atoms with Gasteiger partial charge in [0.15, 0.2) is 0 Å². The van der Waals surface area contributed by atoms with Gasteiger partial charge in [0.1, 0.15) is 5.75 Å². The Labute approximate surface area is 122 Å². The lowest BCUT2D eigenvalue weighted by molar-refractivity contribution is 0.0600. The van der Waals surface area contributed by atoms with Crippen LogP contribution < -0.4 is 0 Å². The topological polar surface area (TPSA) is 46.5 Å². The van der Waals surface area contributed by atoms with Gasteiger partial charge < -0.3 is 9.84 Å². The predicted molar refractivity (Wildman–Crippen MR) is 79.4 cm³/mol. The Kier molecular flexibility index (Phi) is 4.69. The number of hydrogen-bond donors (Lipinski definition) is 1. The van der Waals surface area contributed by atoms with Crippen molar-refractivity contribution in [3.8, 4) is 5.75 Å². The van der Waals surface area contributed by atoms with Gasteiger partial charge in [-0.15, -0.1) is 0 Å². The van der Waals surface area contributed by atoms with Crippen molar-refractivity contribution in [2.24, 2.45) is 0 Å². The van der Waals surface area contributed by atoms with Crippen molar-refractivity contribution in [1.82, 2.24) is 0 Å². The third-order valence-electron chi connectivity index (χ3n) is 2.94. The smallest absolute Gasteiger partial charge is 0.337 e.